The van der Waals surface area contributed by atoms with Gasteiger partial charge in [-0.15, -0.1) is 12.4 Å². The minimum Gasteiger partial charge on any atom is -0.338 e. The molecule has 112 valence electrons. The number of carbonyl (C=O) groups is 1. The van der Waals surface area contributed by atoms with Crippen molar-refractivity contribution in [2.75, 3.05) is 13.1 Å². The Kier molecular flexibility index (Phi) is 7.03. The molecule has 0 unspecified atom stereocenters. The lowest BCUT2D eigenvalue weighted by molar-refractivity contribution is -0.137. The molecule has 1 saturated heterocycles. The van der Waals surface area contributed by atoms with Crippen LogP contribution >= 0.6 is 12.4 Å². The maximum Gasteiger partial charge on any atom is 0.226 e. The lowest BCUT2D eigenvalue weighted by Crippen LogP contribution is -2.43. The fourth-order valence-electron chi connectivity index (χ4n) is 2.76. The predicted molar refractivity (Wildman–Crippen MR) is 85.0 cm³/mol. The predicted octanol–water partition coefficient (Wildman–Crippen LogP) is 2.85. The molecule has 0 spiro atoms. The van der Waals surface area contributed by atoms with Crippen LogP contribution in [-0.4, -0.2) is 29.9 Å². The van der Waals surface area contributed by atoms with E-state index in [0.717, 1.165) is 32.5 Å². The fourth-order valence-corrected chi connectivity index (χ4v) is 2.76. The molecule has 1 aromatic rings. The molecule has 1 heterocycles. The van der Waals surface area contributed by atoms with Gasteiger partial charge in [0.1, 0.15) is 0 Å². The topological polar surface area (TPSA) is 32.3 Å². The molecule has 0 bridgehead atoms. The molecule has 1 amide bonds. The van der Waals surface area contributed by atoms with Gasteiger partial charge >= 0.3 is 0 Å². The zero-order valence-corrected chi connectivity index (χ0v) is 13.2. The van der Waals surface area contributed by atoms with Crippen LogP contribution in [0.15, 0.2) is 30.3 Å². The van der Waals surface area contributed by atoms with Crippen LogP contribution < -0.4 is 5.32 Å². The van der Waals surface area contributed by atoms with Crippen LogP contribution in [0.3, 0.4) is 0 Å². The summed E-state index contributed by atoms with van der Waals surface area (Å²) in [5.74, 6) is 0.514. The van der Waals surface area contributed by atoms with E-state index in [2.05, 4.69) is 31.3 Å². The number of halogens is 1. The number of hydrogen-bond donors (Lipinski definition) is 1. The molecule has 1 fully saturated rings. The smallest absolute Gasteiger partial charge is 0.226 e. The highest BCUT2D eigenvalue weighted by molar-refractivity contribution is 5.85. The third kappa shape index (κ3) is 4.50. The first-order valence-corrected chi connectivity index (χ1v) is 7.26. The number of piperidine rings is 1. The van der Waals surface area contributed by atoms with Gasteiger partial charge in [0.15, 0.2) is 0 Å². The summed E-state index contributed by atoms with van der Waals surface area (Å²) < 4.78 is 0. The molecule has 4 heteroatoms. The van der Waals surface area contributed by atoms with Crippen molar-refractivity contribution in [2.45, 2.75) is 39.3 Å². The minimum atomic E-state index is 0. The van der Waals surface area contributed by atoms with Crippen LogP contribution in [0.25, 0.3) is 0 Å². The van der Waals surface area contributed by atoms with Crippen molar-refractivity contribution in [3.63, 3.8) is 0 Å². The number of amides is 1. The fraction of sp³-hybridized carbons (Fsp3) is 0.562. The summed E-state index contributed by atoms with van der Waals surface area (Å²) in [4.78, 5) is 14.6. The summed E-state index contributed by atoms with van der Waals surface area (Å²) in [5, 5.41) is 3.40. The Morgan fingerprint density at radius 3 is 2.65 bits per heavy atom. The third-order valence-corrected chi connectivity index (χ3v) is 3.88. The average Bonchev–Trinajstić information content (AvgIpc) is 2.45. The second-order valence-corrected chi connectivity index (χ2v) is 5.41. The second kappa shape index (κ2) is 8.28. The highest BCUT2D eigenvalue weighted by Gasteiger charge is 2.27. The van der Waals surface area contributed by atoms with Gasteiger partial charge in [-0.2, -0.15) is 0 Å². The molecule has 0 aromatic heterocycles. The monoisotopic (exact) mass is 296 g/mol. The molecule has 0 aliphatic carbocycles. The highest BCUT2D eigenvalue weighted by Crippen LogP contribution is 2.20. The van der Waals surface area contributed by atoms with Gasteiger partial charge in [0.05, 0.1) is 0 Å². The van der Waals surface area contributed by atoms with Gasteiger partial charge in [-0.3, -0.25) is 4.79 Å². The van der Waals surface area contributed by atoms with Crippen LogP contribution in [-0.2, 0) is 11.3 Å². The molecule has 1 aliphatic heterocycles. The first-order chi connectivity index (χ1) is 9.20. The molecule has 1 aromatic carbocycles. The summed E-state index contributed by atoms with van der Waals surface area (Å²) >= 11 is 0. The largest absolute Gasteiger partial charge is 0.338 e. The number of benzene rings is 1. The zero-order chi connectivity index (χ0) is 13.7. The Morgan fingerprint density at radius 1 is 1.35 bits per heavy atom. The third-order valence-electron chi connectivity index (χ3n) is 3.88. The SMILES string of the molecule is CCN(Cc1ccccc1)C(=O)[C@H]1CCN[C@@H](C)C1.Cl. The summed E-state index contributed by atoms with van der Waals surface area (Å²) in [6, 6.07) is 10.7. The second-order valence-electron chi connectivity index (χ2n) is 5.41. The van der Waals surface area contributed by atoms with Crippen molar-refractivity contribution < 1.29 is 4.79 Å². The number of rotatable bonds is 4. The van der Waals surface area contributed by atoms with E-state index in [1.54, 1.807) is 0 Å². The lowest BCUT2D eigenvalue weighted by atomic mass is 9.92. The first kappa shape index (κ1) is 17.0. The standard InChI is InChI=1S/C16H24N2O.ClH/c1-3-18(12-14-7-5-4-6-8-14)16(19)15-9-10-17-13(2)11-15;/h4-8,13,15,17H,3,9-12H2,1-2H3;1H/t13-,15-;/m0./s1. The van der Waals surface area contributed by atoms with Gasteiger partial charge in [0.25, 0.3) is 0 Å². The zero-order valence-electron chi connectivity index (χ0n) is 12.3. The number of nitrogens with one attached hydrogen (secondary N) is 1. The molecule has 2 rings (SSSR count). The molecule has 0 radical (unpaired) electrons. The van der Waals surface area contributed by atoms with Crippen LogP contribution in [0, 0.1) is 5.92 Å². The van der Waals surface area contributed by atoms with Crippen LogP contribution in [0.5, 0.6) is 0 Å². The lowest BCUT2D eigenvalue weighted by Gasteiger charge is -2.31. The maximum absolute atomic E-state index is 12.6. The van der Waals surface area contributed by atoms with Gasteiger partial charge < -0.3 is 10.2 Å². The quantitative estimate of drug-likeness (QED) is 0.926. The van der Waals surface area contributed by atoms with E-state index in [4.69, 9.17) is 0 Å². The van der Waals surface area contributed by atoms with Crippen LogP contribution in [0.2, 0.25) is 0 Å². The Bertz CT molecular complexity index is 410. The number of nitrogens with zero attached hydrogens (tertiary/aromatic N) is 1. The Labute approximate surface area is 128 Å². The average molecular weight is 297 g/mol. The van der Waals surface area contributed by atoms with Gasteiger partial charge in [0, 0.05) is 25.0 Å². The van der Waals surface area contributed by atoms with Crippen LogP contribution in [0.4, 0.5) is 0 Å². The first-order valence-electron chi connectivity index (χ1n) is 7.26. The van der Waals surface area contributed by atoms with E-state index in [1.165, 1.54) is 5.56 Å². The summed E-state index contributed by atoms with van der Waals surface area (Å²) in [7, 11) is 0. The molecular formula is C16H25ClN2O. The Balaban J connectivity index is 0.00000200. The van der Waals surface area contributed by atoms with Crippen molar-refractivity contribution >= 4 is 18.3 Å². The molecule has 0 saturated carbocycles. The van der Waals surface area contributed by atoms with E-state index < -0.39 is 0 Å². The van der Waals surface area contributed by atoms with Gasteiger partial charge in [-0.25, -0.2) is 0 Å². The summed E-state index contributed by atoms with van der Waals surface area (Å²) in [5.41, 5.74) is 1.21. The summed E-state index contributed by atoms with van der Waals surface area (Å²) in [6.45, 7) is 6.69. The van der Waals surface area contributed by atoms with Gasteiger partial charge in [-0.1, -0.05) is 30.3 Å². The van der Waals surface area contributed by atoms with Crippen molar-refractivity contribution in [2.24, 2.45) is 5.92 Å². The van der Waals surface area contributed by atoms with E-state index in [1.807, 2.05) is 23.1 Å². The van der Waals surface area contributed by atoms with E-state index in [9.17, 15) is 4.79 Å². The Hall–Kier alpha value is -1.06. The normalized spacial score (nSPS) is 21.9. The van der Waals surface area contributed by atoms with Crippen molar-refractivity contribution in [1.29, 1.82) is 0 Å². The molecule has 1 N–H and O–H groups in total. The molecular weight excluding hydrogens is 272 g/mol. The van der Waals surface area contributed by atoms with E-state index >= 15 is 0 Å². The number of carbonyl (C=O) groups excluding carboxylic acids is 1. The molecule has 2 atom stereocenters. The van der Waals surface area contributed by atoms with Crippen LogP contribution in [0.1, 0.15) is 32.3 Å². The minimum absolute atomic E-state index is 0. The van der Waals surface area contributed by atoms with Gasteiger partial charge in [0.2, 0.25) is 5.91 Å². The van der Waals surface area contributed by atoms with E-state index in [-0.39, 0.29) is 18.3 Å². The summed E-state index contributed by atoms with van der Waals surface area (Å²) in [6.07, 6.45) is 1.93. The molecule has 3 nitrogen and oxygen atoms in total. The van der Waals surface area contributed by atoms with Crippen molar-refractivity contribution in [1.82, 2.24) is 10.2 Å². The maximum atomic E-state index is 12.6. The van der Waals surface area contributed by atoms with Crippen molar-refractivity contribution in [3.05, 3.63) is 35.9 Å². The molecule has 20 heavy (non-hydrogen) atoms. The van der Waals surface area contributed by atoms with Gasteiger partial charge in [-0.05, 0) is 38.8 Å². The number of hydrogen-bond acceptors (Lipinski definition) is 2. The highest BCUT2D eigenvalue weighted by atomic mass is 35.5. The Morgan fingerprint density at radius 2 is 2.05 bits per heavy atom. The van der Waals surface area contributed by atoms with Crippen molar-refractivity contribution in [3.8, 4) is 0 Å². The molecule has 1 aliphatic rings. The van der Waals surface area contributed by atoms with E-state index in [0.29, 0.717) is 11.9 Å².